The SMILES string of the molecule is COc1cccc2nc(NC(=N)N)nc(-c3ccccc3)c12. The van der Waals surface area contributed by atoms with Crippen LogP contribution in [-0.2, 0) is 0 Å². The Kier molecular flexibility index (Phi) is 3.57. The zero-order chi connectivity index (χ0) is 15.5. The van der Waals surface area contributed by atoms with Crippen LogP contribution in [0.2, 0.25) is 0 Å². The molecule has 22 heavy (non-hydrogen) atoms. The van der Waals surface area contributed by atoms with Crippen molar-refractivity contribution in [3.8, 4) is 17.0 Å². The minimum absolute atomic E-state index is 0.207. The van der Waals surface area contributed by atoms with Crippen LogP contribution in [0.1, 0.15) is 0 Å². The van der Waals surface area contributed by atoms with Crippen LogP contribution >= 0.6 is 0 Å². The van der Waals surface area contributed by atoms with Gasteiger partial charge in [0.1, 0.15) is 5.75 Å². The van der Waals surface area contributed by atoms with Crippen molar-refractivity contribution < 1.29 is 4.74 Å². The molecule has 6 nitrogen and oxygen atoms in total. The Labute approximate surface area is 127 Å². The number of methoxy groups -OCH3 is 1. The smallest absolute Gasteiger partial charge is 0.230 e. The van der Waals surface area contributed by atoms with Crippen LogP contribution in [0.4, 0.5) is 5.95 Å². The standard InChI is InChI=1S/C16H15N5O/c1-22-12-9-5-8-11-13(12)14(10-6-3-2-4-7-10)20-16(19-11)21-15(17)18/h2-9H,1H3,(H4,17,18,19,20,21). The molecule has 0 spiro atoms. The first-order chi connectivity index (χ1) is 10.7. The average molecular weight is 293 g/mol. The summed E-state index contributed by atoms with van der Waals surface area (Å²) in [4.78, 5) is 8.88. The molecule has 0 radical (unpaired) electrons. The summed E-state index contributed by atoms with van der Waals surface area (Å²) in [7, 11) is 1.62. The fourth-order valence-electron chi connectivity index (χ4n) is 2.30. The summed E-state index contributed by atoms with van der Waals surface area (Å²) in [5.41, 5.74) is 7.76. The Hall–Kier alpha value is -3.15. The van der Waals surface area contributed by atoms with E-state index >= 15 is 0 Å². The highest BCUT2D eigenvalue weighted by Gasteiger charge is 2.14. The van der Waals surface area contributed by atoms with E-state index in [-0.39, 0.29) is 11.9 Å². The third kappa shape index (κ3) is 2.54. The lowest BCUT2D eigenvalue weighted by molar-refractivity contribution is 0.420. The van der Waals surface area contributed by atoms with E-state index < -0.39 is 0 Å². The Morgan fingerprint density at radius 1 is 1.09 bits per heavy atom. The third-order valence-electron chi connectivity index (χ3n) is 3.20. The highest BCUT2D eigenvalue weighted by atomic mass is 16.5. The normalized spacial score (nSPS) is 10.4. The Balaban J connectivity index is 2.32. The van der Waals surface area contributed by atoms with Crippen molar-refractivity contribution >= 4 is 22.8 Å². The fourth-order valence-corrected chi connectivity index (χ4v) is 2.30. The highest BCUT2D eigenvalue weighted by molar-refractivity contribution is 5.99. The molecule has 0 unspecified atom stereocenters. The number of nitrogens with one attached hydrogen (secondary N) is 2. The molecule has 0 aliphatic carbocycles. The number of hydrogen-bond acceptors (Lipinski definition) is 4. The molecule has 0 fully saturated rings. The third-order valence-corrected chi connectivity index (χ3v) is 3.20. The second-order valence-electron chi connectivity index (χ2n) is 4.65. The summed E-state index contributed by atoms with van der Waals surface area (Å²) >= 11 is 0. The van der Waals surface area contributed by atoms with E-state index in [4.69, 9.17) is 15.9 Å². The number of aromatic nitrogens is 2. The topological polar surface area (TPSA) is 96.9 Å². The number of ether oxygens (including phenoxy) is 1. The molecule has 4 N–H and O–H groups in total. The van der Waals surface area contributed by atoms with Crippen molar-refractivity contribution in [3.63, 3.8) is 0 Å². The van der Waals surface area contributed by atoms with Gasteiger partial charge in [-0.3, -0.25) is 10.7 Å². The summed E-state index contributed by atoms with van der Waals surface area (Å²) in [6.45, 7) is 0. The van der Waals surface area contributed by atoms with Crippen LogP contribution in [0.25, 0.3) is 22.2 Å². The van der Waals surface area contributed by atoms with Gasteiger partial charge in [0, 0.05) is 5.56 Å². The van der Waals surface area contributed by atoms with Crippen molar-refractivity contribution in [1.29, 1.82) is 5.41 Å². The van der Waals surface area contributed by atoms with Gasteiger partial charge >= 0.3 is 0 Å². The van der Waals surface area contributed by atoms with Gasteiger partial charge in [0.2, 0.25) is 5.95 Å². The predicted octanol–water partition coefficient (Wildman–Crippen LogP) is 2.61. The van der Waals surface area contributed by atoms with Crippen LogP contribution in [0.3, 0.4) is 0 Å². The monoisotopic (exact) mass is 293 g/mol. The maximum atomic E-state index is 7.36. The molecule has 0 atom stereocenters. The molecule has 6 heteroatoms. The van der Waals surface area contributed by atoms with Gasteiger partial charge in [0.25, 0.3) is 0 Å². The lowest BCUT2D eigenvalue weighted by Crippen LogP contribution is -2.22. The number of nitrogens with zero attached hydrogens (tertiary/aromatic N) is 2. The molecule has 0 aliphatic heterocycles. The minimum atomic E-state index is -0.207. The van der Waals surface area contributed by atoms with Crippen molar-refractivity contribution in [1.82, 2.24) is 9.97 Å². The molecule has 0 amide bonds. The number of guanidine groups is 1. The zero-order valence-corrected chi connectivity index (χ0v) is 12.0. The van der Waals surface area contributed by atoms with Crippen LogP contribution < -0.4 is 15.8 Å². The molecule has 110 valence electrons. The highest BCUT2D eigenvalue weighted by Crippen LogP contribution is 2.33. The quantitative estimate of drug-likeness (QED) is 0.509. The predicted molar refractivity (Wildman–Crippen MR) is 87.1 cm³/mol. The molecule has 1 aromatic heterocycles. The first kappa shape index (κ1) is 13.8. The molecule has 0 saturated carbocycles. The van der Waals surface area contributed by atoms with Crippen LogP contribution in [0.5, 0.6) is 5.75 Å². The molecule has 0 bridgehead atoms. The maximum absolute atomic E-state index is 7.36. The maximum Gasteiger partial charge on any atom is 0.230 e. The summed E-state index contributed by atoms with van der Waals surface area (Å²) in [6, 6.07) is 15.4. The van der Waals surface area contributed by atoms with Gasteiger partial charge in [-0.05, 0) is 12.1 Å². The van der Waals surface area contributed by atoms with Crippen molar-refractivity contribution in [3.05, 3.63) is 48.5 Å². The van der Waals surface area contributed by atoms with E-state index in [9.17, 15) is 0 Å². The van der Waals surface area contributed by atoms with Gasteiger partial charge in [0.15, 0.2) is 5.96 Å². The number of hydrogen-bond donors (Lipinski definition) is 3. The molecule has 2 aromatic carbocycles. The summed E-state index contributed by atoms with van der Waals surface area (Å²) in [5, 5.41) is 10.8. The molecule has 0 aliphatic rings. The lowest BCUT2D eigenvalue weighted by Gasteiger charge is -2.12. The summed E-state index contributed by atoms with van der Waals surface area (Å²) in [5.74, 6) is 0.777. The molecule has 3 rings (SSSR count). The number of benzene rings is 2. The Bertz CT molecular complexity index is 833. The van der Waals surface area contributed by atoms with Gasteiger partial charge in [0.05, 0.1) is 23.7 Å². The van der Waals surface area contributed by atoms with E-state index in [1.54, 1.807) is 7.11 Å². The van der Waals surface area contributed by atoms with E-state index in [0.717, 1.165) is 22.2 Å². The largest absolute Gasteiger partial charge is 0.496 e. The van der Waals surface area contributed by atoms with Crippen LogP contribution in [0.15, 0.2) is 48.5 Å². The van der Waals surface area contributed by atoms with Gasteiger partial charge in [-0.25, -0.2) is 9.97 Å². The Morgan fingerprint density at radius 2 is 1.86 bits per heavy atom. The first-order valence-corrected chi connectivity index (χ1v) is 6.70. The molecular formula is C16H15N5O. The van der Waals surface area contributed by atoms with Crippen molar-refractivity contribution in [2.24, 2.45) is 5.73 Å². The van der Waals surface area contributed by atoms with Gasteiger partial charge in [-0.2, -0.15) is 0 Å². The molecule has 0 saturated heterocycles. The summed E-state index contributed by atoms with van der Waals surface area (Å²) in [6.07, 6.45) is 0. The van der Waals surface area contributed by atoms with Crippen LogP contribution in [0, 0.1) is 5.41 Å². The fraction of sp³-hybridized carbons (Fsp3) is 0.0625. The second-order valence-corrected chi connectivity index (χ2v) is 4.65. The number of fused-ring (bicyclic) bond motifs is 1. The lowest BCUT2D eigenvalue weighted by atomic mass is 10.1. The number of nitrogens with two attached hydrogens (primary N) is 1. The van der Waals surface area contributed by atoms with Gasteiger partial charge in [-0.15, -0.1) is 0 Å². The molecular weight excluding hydrogens is 278 g/mol. The Morgan fingerprint density at radius 3 is 2.55 bits per heavy atom. The molecule has 1 heterocycles. The van der Waals surface area contributed by atoms with E-state index in [1.807, 2.05) is 48.5 Å². The van der Waals surface area contributed by atoms with Gasteiger partial charge < -0.3 is 10.5 Å². The van der Waals surface area contributed by atoms with Crippen LogP contribution in [-0.4, -0.2) is 23.0 Å². The van der Waals surface area contributed by atoms with E-state index in [1.165, 1.54) is 0 Å². The zero-order valence-electron chi connectivity index (χ0n) is 12.0. The number of anilines is 1. The average Bonchev–Trinajstić information content (AvgIpc) is 2.53. The van der Waals surface area contributed by atoms with Crippen molar-refractivity contribution in [2.45, 2.75) is 0 Å². The first-order valence-electron chi connectivity index (χ1n) is 6.70. The second kappa shape index (κ2) is 5.69. The van der Waals surface area contributed by atoms with Gasteiger partial charge in [-0.1, -0.05) is 36.4 Å². The molecule has 3 aromatic rings. The van der Waals surface area contributed by atoms with Crippen molar-refractivity contribution in [2.75, 3.05) is 12.4 Å². The number of rotatable bonds is 3. The van der Waals surface area contributed by atoms with E-state index in [2.05, 4.69) is 15.3 Å². The minimum Gasteiger partial charge on any atom is -0.496 e. The van der Waals surface area contributed by atoms with E-state index in [0.29, 0.717) is 5.75 Å². The summed E-state index contributed by atoms with van der Waals surface area (Å²) < 4.78 is 5.44.